The van der Waals surface area contributed by atoms with Gasteiger partial charge in [-0.25, -0.2) is 0 Å². The molecule has 25 heavy (non-hydrogen) atoms. The van der Waals surface area contributed by atoms with Crippen molar-refractivity contribution >= 4 is 17.3 Å². The highest BCUT2D eigenvalue weighted by Crippen LogP contribution is 2.29. The van der Waals surface area contributed by atoms with E-state index in [2.05, 4.69) is 15.5 Å². The maximum absolute atomic E-state index is 12.6. The number of anilines is 2. The molecule has 0 saturated carbocycles. The molecule has 0 aliphatic carbocycles. The first kappa shape index (κ1) is 18.6. The molecule has 0 saturated heterocycles. The van der Waals surface area contributed by atoms with Gasteiger partial charge in [0, 0.05) is 24.5 Å². The average molecular weight is 343 g/mol. The molecular formula is C19H25N3O3. The van der Waals surface area contributed by atoms with Gasteiger partial charge >= 0.3 is 0 Å². The van der Waals surface area contributed by atoms with E-state index < -0.39 is 0 Å². The zero-order valence-electron chi connectivity index (χ0n) is 15.1. The number of ether oxygens (including phenoxy) is 2. The highest BCUT2D eigenvalue weighted by molar-refractivity contribution is 6.08. The molecule has 134 valence electrons. The summed E-state index contributed by atoms with van der Waals surface area (Å²) in [5, 5.41) is 6.20. The van der Waals surface area contributed by atoms with Crippen LogP contribution < -0.4 is 20.1 Å². The van der Waals surface area contributed by atoms with E-state index >= 15 is 0 Å². The molecule has 0 unspecified atom stereocenters. The first-order valence-electron chi connectivity index (χ1n) is 8.06. The van der Waals surface area contributed by atoms with Gasteiger partial charge in [-0.2, -0.15) is 0 Å². The van der Waals surface area contributed by atoms with E-state index in [0.29, 0.717) is 22.7 Å². The van der Waals surface area contributed by atoms with Crippen LogP contribution in [0, 0.1) is 0 Å². The number of carbonyl (C=O) groups excluding carboxylic acids is 1. The summed E-state index contributed by atoms with van der Waals surface area (Å²) < 4.78 is 10.5. The maximum Gasteiger partial charge on any atom is 0.263 e. The Balaban J connectivity index is 2.06. The molecule has 0 spiro atoms. The lowest BCUT2D eigenvalue weighted by Crippen LogP contribution is -2.20. The van der Waals surface area contributed by atoms with Gasteiger partial charge in [0.2, 0.25) is 0 Å². The fraction of sp³-hybridized carbons (Fsp3) is 0.316. The van der Waals surface area contributed by atoms with Crippen LogP contribution in [0.4, 0.5) is 11.4 Å². The van der Waals surface area contributed by atoms with E-state index in [1.807, 2.05) is 38.4 Å². The fourth-order valence-corrected chi connectivity index (χ4v) is 2.36. The molecule has 2 rings (SSSR count). The van der Waals surface area contributed by atoms with Crippen LogP contribution >= 0.6 is 0 Å². The molecule has 2 N–H and O–H groups in total. The minimum absolute atomic E-state index is 0.275. The summed E-state index contributed by atoms with van der Waals surface area (Å²) in [6.07, 6.45) is 0. The molecule has 6 heteroatoms. The van der Waals surface area contributed by atoms with Crippen LogP contribution in [0.1, 0.15) is 10.4 Å². The Morgan fingerprint density at radius 3 is 2.04 bits per heavy atom. The van der Waals surface area contributed by atoms with Crippen LogP contribution in [0.25, 0.3) is 0 Å². The summed E-state index contributed by atoms with van der Waals surface area (Å²) in [6.45, 7) is 1.81. The van der Waals surface area contributed by atoms with Crippen molar-refractivity contribution in [3.63, 3.8) is 0 Å². The van der Waals surface area contributed by atoms with Gasteiger partial charge in [0.1, 0.15) is 17.1 Å². The number of amides is 1. The summed E-state index contributed by atoms with van der Waals surface area (Å²) in [6, 6.07) is 12.8. The molecule has 2 aromatic carbocycles. The lowest BCUT2D eigenvalue weighted by atomic mass is 10.1. The predicted molar refractivity (Wildman–Crippen MR) is 101 cm³/mol. The van der Waals surface area contributed by atoms with Gasteiger partial charge in [0.15, 0.2) is 0 Å². The fourth-order valence-electron chi connectivity index (χ4n) is 2.36. The SMILES string of the molecule is COc1cccc(OC)c1C(=O)Nc1ccc(NCCN(C)C)cc1. The number of nitrogens with zero attached hydrogens (tertiary/aromatic N) is 1. The summed E-state index contributed by atoms with van der Waals surface area (Å²) in [5.41, 5.74) is 2.09. The van der Waals surface area contributed by atoms with Gasteiger partial charge in [0.25, 0.3) is 5.91 Å². The quantitative estimate of drug-likeness (QED) is 0.772. The molecular weight excluding hydrogens is 318 g/mol. The molecule has 0 aliphatic heterocycles. The third-order valence-corrected chi connectivity index (χ3v) is 3.69. The molecule has 2 aromatic rings. The largest absolute Gasteiger partial charge is 0.496 e. The minimum atomic E-state index is -0.275. The Bertz CT molecular complexity index is 677. The molecule has 0 radical (unpaired) electrons. The second-order valence-electron chi connectivity index (χ2n) is 5.80. The van der Waals surface area contributed by atoms with E-state index in [1.165, 1.54) is 14.2 Å². The minimum Gasteiger partial charge on any atom is -0.496 e. The summed E-state index contributed by atoms with van der Waals surface area (Å²) >= 11 is 0. The molecule has 1 amide bonds. The van der Waals surface area contributed by atoms with Crippen LogP contribution in [0.5, 0.6) is 11.5 Å². The lowest BCUT2D eigenvalue weighted by Gasteiger charge is -2.14. The normalized spacial score (nSPS) is 10.4. The highest BCUT2D eigenvalue weighted by atomic mass is 16.5. The number of likely N-dealkylation sites (N-methyl/N-ethyl adjacent to an activating group) is 1. The van der Waals surface area contributed by atoms with Gasteiger partial charge in [0.05, 0.1) is 14.2 Å². The van der Waals surface area contributed by atoms with Crippen molar-refractivity contribution < 1.29 is 14.3 Å². The predicted octanol–water partition coefficient (Wildman–Crippen LogP) is 2.93. The molecule has 0 fully saturated rings. The Labute approximate surface area is 148 Å². The second kappa shape index (κ2) is 8.94. The third kappa shape index (κ3) is 5.12. The van der Waals surface area contributed by atoms with Crippen molar-refractivity contribution in [1.29, 1.82) is 0 Å². The van der Waals surface area contributed by atoms with E-state index in [-0.39, 0.29) is 5.91 Å². The van der Waals surface area contributed by atoms with E-state index in [0.717, 1.165) is 18.8 Å². The molecule has 0 heterocycles. The maximum atomic E-state index is 12.6. The van der Waals surface area contributed by atoms with Crippen molar-refractivity contribution in [2.24, 2.45) is 0 Å². The van der Waals surface area contributed by atoms with Gasteiger partial charge in [-0.1, -0.05) is 6.07 Å². The van der Waals surface area contributed by atoms with Gasteiger partial charge in [-0.15, -0.1) is 0 Å². The Morgan fingerprint density at radius 1 is 0.960 bits per heavy atom. The van der Waals surface area contributed by atoms with Crippen LogP contribution in [0.15, 0.2) is 42.5 Å². The number of hydrogen-bond donors (Lipinski definition) is 2. The van der Waals surface area contributed by atoms with E-state index in [9.17, 15) is 4.79 Å². The van der Waals surface area contributed by atoms with Crippen LogP contribution in [0.3, 0.4) is 0 Å². The smallest absolute Gasteiger partial charge is 0.263 e. The molecule has 0 bridgehead atoms. The first-order chi connectivity index (χ1) is 12.0. The Hall–Kier alpha value is -2.73. The molecule has 0 atom stereocenters. The summed E-state index contributed by atoms with van der Waals surface area (Å²) in [5.74, 6) is 0.667. The summed E-state index contributed by atoms with van der Waals surface area (Å²) in [7, 11) is 7.12. The van der Waals surface area contributed by atoms with E-state index in [1.54, 1.807) is 18.2 Å². The van der Waals surface area contributed by atoms with Crippen molar-refractivity contribution in [2.45, 2.75) is 0 Å². The number of rotatable bonds is 8. The molecule has 6 nitrogen and oxygen atoms in total. The van der Waals surface area contributed by atoms with Crippen LogP contribution in [-0.2, 0) is 0 Å². The number of hydrogen-bond acceptors (Lipinski definition) is 5. The van der Waals surface area contributed by atoms with Crippen molar-refractivity contribution in [3.05, 3.63) is 48.0 Å². The van der Waals surface area contributed by atoms with Crippen molar-refractivity contribution in [3.8, 4) is 11.5 Å². The van der Waals surface area contributed by atoms with Gasteiger partial charge in [-0.05, 0) is 50.5 Å². The second-order valence-corrected chi connectivity index (χ2v) is 5.80. The lowest BCUT2D eigenvalue weighted by molar-refractivity contribution is 0.102. The zero-order chi connectivity index (χ0) is 18.2. The van der Waals surface area contributed by atoms with Gasteiger partial charge < -0.3 is 25.0 Å². The monoisotopic (exact) mass is 343 g/mol. The highest BCUT2D eigenvalue weighted by Gasteiger charge is 2.18. The number of nitrogens with one attached hydrogen (secondary N) is 2. The third-order valence-electron chi connectivity index (χ3n) is 3.69. The zero-order valence-corrected chi connectivity index (χ0v) is 15.1. The summed E-state index contributed by atoms with van der Waals surface area (Å²) in [4.78, 5) is 14.7. The van der Waals surface area contributed by atoms with Crippen molar-refractivity contribution in [1.82, 2.24) is 4.90 Å². The van der Waals surface area contributed by atoms with Crippen LogP contribution in [0.2, 0.25) is 0 Å². The van der Waals surface area contributed by atoms with Crippen molar-refractivity contribution in [2.75, 3.05) is 52.0 Å². The number of carbonyl (C=O) groups is 1. The first-order valence-corrected chi connectivity index (χ1v) is 8.06. The standard InChI is InChI=1S/C19H25N3O3/c1-22(2)13-12-20-14-8-10-15(11-9-14)21-19(23)18-16(24-3)6-5-7-17(18)25-4/h5-11,20H,12-13H2,1-4H3,(H,21,23). The van der Waals surface area contributed by atoms with E-state index in [4.69, 9.17) is 9.47 Å². The van der Waals surface area contributed by atoms with Gasteiger partial charge in [-0.3, -0.25) is 4.79 Å². The Kier molecular flexibility index (Phi) is 6.65. The Morgan fingerprint density at radius 2 is 1.52 bits per heavy atom. The molecule has 0 aromatic heterocycles. The number of methoxy groups -OCH3 is 2. The topological polar surface area (TPSA) is 62.8 Å². The van der Waals surface area contributed by atoms with Crippen LogP contribution in [-0.4, -0.2) is 52.2 Å². The average Bonchev–Trinajstić information content (AvgIpc) is 2.62. The number of benzene rings is 2. The molecule has 0 aliphatic rings.